The predicted octanol–water partition coefficient (Wildman–Crippen LogP) is 1.23. The Hall–Kier alpha value is -0.390. The molecule has 0 aliphatic carbocycles. The molecule has 2 N–H and O–H groups in total. The molecule has 0 atom stereocenters. The van der Waals surface area contributed by atoms with Gasteiger partial charge in [-0.25, -0.2) is 0 Å². The van der Waals surface area contributed by atoms with Gasteiger partial charge < -0.3 is 5.11 Å². The van der Waals surface area contributed by atoms with Crippen molar-refractivity contribution in [2.24, 2.45) is 0 Å². The van der Waals surface area contributed by atoms with Crippen LogP contribution in [0.4, 0.5) is 0 Å². The van der Waals surface area contributed by atoms with Crippen molar-refractivity contribution in [2.75, 3.05) is 12.9 Å². The average Bonchev–Trinajstić information content (AvgIpc) is 1.97. The van der Waals surface area contributed by atoms with Crippen LogP contribution in [0.5, 0.6) is 0 Å². The number of hydrogen-bond donors (Lipinski definition) is 2. The normalized spacial score (nSPS) is 10.2. The third-order valence-electron chi connectivity index (χ3n) is 1.11. The quantitative estimate of drug-likeness (QED) is 0.540. The minimum Gasteiger partial charge on any atom is -0.392 e. The predicted molar refractivity (Wildman–Crippen MR) is 53.2 cm³/mol. The molecule has 0 bridgehead atoms. The van der Waals surface area contributed by atoms with Gasteiger partial charge in [-0.15, -0.1) is 0 Å². The molecule has 0 unspecified atom stereocenters. The third-order valence-corrected chi connectivity index (χ3v) is 1.11. The fraction of sp³-hybridized carbons (Fsp3) is 0.750. The van der Waals surface area contributed by atoms with Crippen LogP contribution in [0.2, 0.25) is 0 Å². The van der Waals surface area contributed by atoms with Crippen molar-refractivity contribution >= 4 is 10.1 Å². The van der Waals surface area contributed by atoms with E-state index in [0.29, 0.717) is 6.26 Å². The highest BCUT2D eigenvalue weighted by Gasteiger charge is 1.87. The Labute approximate surface area is 80.0 Å². The summed E-state index contributed by atoms with van der Waals surface area (Å²) in [5.74, 6) is 0. The number of unbranched alkanes of at least 4 members (excludes halogenated alkanes) is 1. The average molecular weight is 210 g/mol. The Morgan fingerprint density at radius 3 is 2.08 bits per heavy atom. The molecule has 5 heteroatoms. The number of aliphatic hydroxyl groups excluding tert-OH is 1. The van der Waals surface area contributed by atoms with Crippen LogP contribution in [0.25, 0.3) is 0 Å². The summed E-state index contributed by atoms with van der Waals surface area (Å²) in [4.78, 5) is 0. The Kier molecular flexibility index (Phi) is 9.55. The molecule has 0 aliphatic heterocycles. The Morgan fingerprint density at radius 2 is 1.85 bits per heavy atom. The second-order valence-corrected chi connectivity index (χ2v) is 4.21. The van der Waals surface area contributed by atoms with Crippen LogP contribution in [0, 0.1) is 0 Å². The van der Waals surface area contributed by atoms with Gasteiger partial charge in [-0.2, -0.15) is 8.42 Å². The molecule has 0 fully saturated rings. The maximum absolute atomic E-state index is 9.19. The topological polar surface area (TPSA) is 74.6 Å². The van der Waals surface area contributed by atoms with E-state index in [1.807, 2.05) is 0 Å². The number of hydrogen-bond acceptors (Lipinski definition) is 3. The van der Waals surface area contributed by atoms with Crippen molar-refractivity contribution in [1.82, 2.24) is 0 Å². The molecule has 0 spiro atoms. The van der Waals surface area contributed by atoms with Gasteiger partial charge in [-0.3, -0.25) is 4.55 Å². The summed E-state index contributed by atoms with van der Waals surface area (Å²) in [6, 6.07) is 0. The highest BCUT2D eigenvalue weighted by molar-refractivity contribution is 7.85. The second kappa shape index (κ2) is 8.22. The molecule has 13 heavy (non-hydrogen) atoms. The summed E-state index contributed by atoms with van der Waals surface area (Å²) >= 11 is 0. The van der Waals surface area contributed by atoms with E-state index < -0.39 is 10.1 Å². The lowest BCUT2D eigenvalue weighted by atomic mass is 10.1. The Balaban J connectivity index is 0. The summed E-state index contributed by atoms with van der Waals surface area (Å²) in [7, 11) is -3.67. The van der Waals surface area contributed by atoms with Crippen LogP contribution in [0.1, 0.15) is 26.2 Å². The maximum Gasteiger partial charge on any atom is 0.261 e. The summed E-state index contributed by atoms with van der Waals surface area (Å²) in [6.45, 7) is 5.94. The largest absolute Gasteiger partial charge is 0.392 e. The van der Waals surface area contributed by atoms with E-state index in [-0.39, 0.29) is 6.61 Å². The maximum atomic E-state index is 9.19. The first-order valence-corrected chi connectivity index (χ1v) is 5.86. The van der Waals surface area contributed by atoms with E-state index in [2.05, 4.69) is 13.5 Å². The van der Waals surface area contributed by atoms with E-state index in [4.69, 9.17) is 9.66 Å². The lowest BCUT2D eigenvalue weighted by molar-refractivity contribution is 0.326. The van der Waals surface area contributed by atoms with Crippen molar-refractivity contribution in [3.05, 3.63) is 12.2 Å². The number of rotatable bonds is 4. The molecule has 0 aromatic heterocycles. The molecule has 4 nitrogen and oxygen atoms in total. The van der Waals surface area contributed by atoms with Gasteiger partial charge in [0.15, 0.2) is 0 Å². The molecular weight excluding hydrogens is 192 g/mol. The van der Waals surface area contributed by atoms with E-state index in [1.54, 1.807) is 0 Å². The van der Waals surface area contributed by atoms with Gasteiger partial charge in [-0.1, -0.05) is 25.5 Å². The van der Waals surface area contributed by atoms with E-state index in [0.717, 1.165) is 18.4 Å². The summed E-state index contributed by atoms with van der Waals surface area (Å²) in [5.41, 5.74) is 0.951. The van der Waals surface area contributed by atoms with Crippen molar-refractivity contribution in [3.8, 4) is 0 Å². The molecular formula is C8H18O4S. The minimum atomic E-state index is -3.67. The molecule has 0 aromatic rings. The first-order valence-electron chi connectivity index (χ1n) is 4.01. The van der Waals surface area contributed by atoms with E-state index >= 15 is 0 Å². The number of aliphatic hydroxyl groups is 1. The van der Waals surface area contributed by atoms with Crippen molar-refractivity contribution in [1.29, 1.82) is 0 Å². The molecule has 0 aliphatic rings. The molecule has 0 aromatic carbocycles. The van der Waals surface area contributed by atoms with Crippen LogP contribution in [-0.2, 0) is 10.1 Å². The third kappa shape index (κ3) is 34.1. The summed E-state index contributed by atoms with van der Waals surface area (Å²) < 4.78 is 25.9. The standard InChI is InChI=1S/C7H14O.CH4O3S/c1-3-4-5-7(2)6-8;1-5(2,3)4/h8H,2-6H2,1H3;1H3,(H,2,3,4). The van der Waals surface area contributed by atoms with E-state index in [9.17, 15) is 8.42 Å². The summed E-state index contributed by atoms with van der Waals surface area (Å²) in [6.07, 6.45) is 4.03. The molecule has 80 valence electrons. The first kappa shape index (κ1) is 15.1. The Bertz CT molecular complexity index is 210. The van der Waals surface area contributed by atoms with E-state index in [1.165, 1.54) is 6.42 Å². The highest BCUT2D eigenvalue weighted by Crippen LogP contribution is 2.02. The molecule has 0 heterocycles. The molecule has 0 radical (unpaired) electrons. The van der Waals surface area contributed by atoms with Gasteiger partial charge in [0.2, 0.25) is 0 Å². The lowest BCUT2D eigenvalue weighted by Crippen LogP contribution is -1.88. The van der Waals surface area contributed by atoms with Crippen LogP contribution >= 0.6 is 0 Å². The van der Waals surface area contributed by atoms with Gasteiger partial charge in [-0.05, 0) is 12.8 Å². The Morgan fingerprint density at radius 1 is 1.46 bits per heavy atom. The fourth-order valence-corrected chi connectivity index (χ4v) is 0.506. The lowest BCUT2D eigenvalue weighted by Gasteiger charge is -1.96. The van der Waals surface area contributed by atoms with Gasteiger partial charge >= 0.3 is 0 Å². The minimum absolute atomic E-state index is 0.153. The zero-order valence-electron chi connectivity index (χ0n) is 8.15. The molecule has 0 rings (SSSR count). The van der Waals surface area contributed by atoms with Gasteiger partial charge in [0.25, 0.3) is 10.1 Å². The van der Waals surface area contributed by atoms with Crippen LogP contribution < -0.4 is 0 Å². The van der Waals surface area contributed by atoms with Gasteiger partial charge in [0, 0.05) is 0 Å². The second-order valence-electron chi connectivity index (χ2n) is 2.74. The summed E-state index contributed by atoms with van der Waals surface area (Å²) in [5, 5.41) is 8.46. The van der Waals surface area contributed by atoms with Crippen molar-refractivity contribution in [3.63, 3.8) is 0 Å². The van der Waals surface area contributed by atoms with Crippen molar-refractivity contribution < 1.29 is 18.1 Å². The van der Waals surface area contributed by atoms with Crippen molar-refractivity contribution in [2.45, 2.75) is 26.2 Å². The molecule has 0 saturated carbocycles. The SMILES string of the molecule is C=C(CO)CCCC.CS(=O)(=O)O. The van der Waals surface area contributed by atoms with Crippen LogP contribution in [-0.4, -0.2) is 30.9 Å². The van der Waals surface area contributed by atoms with Gasteiger partial charge in [0.1, 0.15) is 0 Å². The zero-order valence-corrected chi connectivity index (χ0v) is 8.97. The smallest absolute Gasteiger partial charge is 0.261 e. The fourth-order valence-electron chi connectivity index (χ4n) is 0.506. The first-order chi connectivity index (χ1) is 5.81. The molecule has 0 saturated heterocycles. The molecule has 0 amide bonds. The van der Waals surface area contributed by atoms with Gasteiger partial charge in [0.05, 0.1) is 12.9 Å². The monoisotopic (exact) mass is 210 g/mol. The zero-order chi connectivity index (χ0) is 10.9. The van der Waals surface area contributed by atoms with Crippen LogP contribution in [0.15, 0.2) is 12.2 Å². The highest BCUT2D eigenvalue weighted by atomic mass is 32.2. The van der Waals surface area contributed by atoms with Crippen LogP contribution in [0.3, 0.4) is 0 Å².